The summed E-state index contributed by atoms with van der Waals surface area (Å²) in [6, 6.07) is 2.48. The van der Waals surface area contributed by atoms with E-state index in [-0.39, 0.29) is 35.8 Å². The van der Waals surface area contributed by atoms with Gasteiger partial charge in [0.25, 0.3) is 0 Å². The largest absolute Gasteiger partial charge is 0.508 e. The Balaban J connectivity index is 2.36. The second-order valence-corrected chi connectivity index (χ2v) is 5.67. The molecular weight excluding hydrogens is 294 g/mol. The van der Waals surface area contributed by atoms with Crippen molar-refractivity contribution >= 4 is 11.7 Å². The number of phenols is 2. The van der Waals surface area contributed by atoms with Gasteiger partial charge in [0.1, 0.15) is 17.1 Å². The average Bonchev–Trinajstić information content (AvgIpc) is 2.45. The molecule has 1 aliphatic rings. The van der Waals surface area contributed by atoms with Gasteiger partial charge in [-0.3, -0.25) is 0 Å². The van der Waals surface area contributed by atoms with Gasteiger partial charge in [0.05, 0.1) is 6.61 Å². The van der Waals surface area contributed by atoms with Gasteiger partial charge >= 0.3 is 5.97 Å². The van der Waals surface area contributed by atoms with Gasteiger partial charge < -0.3 is 20.4 Å². The van der Waals surface area contributed by atoms with Crippen molar-refractivity contribution in [2.45, 2.75) is 26.2 Å². The number of benzene rings is 1. The summed E-state index contributed by atoms with van der Waals surface area (Å²) in [5.74, 6) is -0.785. The van der Waals surface area contributed by atoms with Gasteiger partial charge in [0, 0.05) is 18.2 Å². The standard InChI is InChI=1S/C18H21NO4/c1-12-5-2-3-8-23-18(22)17-13(9-14(19)7-4-6-12)10-15(20)11-16(17)21/h2,4-5,7,10-12,19-21H,3,6,8-9H2,1H3/b5-2+,7-4+,19-14?. The lowest BCUT2D eigenvalue weighted by Crippen LogP contribution is -2.12. The van der Waals surface area contributed by atoms with E-state index in [1.54, 1.807) is 6.08 Å². The minimum atomic E-state index is -0.646. The number of cyclic esters (lactones) is 1. The van der Waals surface area contributed by atoms with Crippen LogP contribution in [-0.4, -0.2) is 28.5 Å². The van der Waals surface area contributed by atoms with Crippen LogP contribution in [0.15, 0.2) is 36.4 Å². The minimum Gasteiger partial charge on any atom is -0.508 e. The fourth-order valence-corrected chi connectivity index (χ4v) is 2.43. The Bertz CT molecular complexity index is 661. The molecule has 0 amide bonds. The molecule has 122 valence electrons. The van der Waals surface area contributed by atoms with Crippen LogP contribution in [0.5, 0.6) is 11.5 Å². The molecule has 0 aliphatic carbocycles. The molecule has 0 spiro atoms. The second kappa shape index (κ2) is 7.63. The first-order valence-corrected chi connectivity index (χ1v) is 7.60. The Kier molecular flexibility index (Phi) is 5.57. The molecule has 3 N–H and O–H groups in total. The van der Waals surface area contributed by atoms with Crippen LogP contribution < -0.4 is 0 Å². The Labute approximate surface area is 135 Å². The van der Waals surface area contributed by atoms with Gasteiger partial charge in [0.2, 0.25) is 0 Å². The smallest absolute Gasteiger partial charge is 0.342 e. The average molecular weight is 315 g/mol. The van der Waals surface area contributed by atoms with E-state index in [1.807, 2.05) is 12.2 Å². The molecule has 5 heteroatoms. The van der Waals surface area contributed by atoms with Crippen LogP contribution in [0.2, 0.25) is 0 Å². The predicted octanol–water partition coefficient (Wildman–Crippen LogP) is 3.36. The molecule has 1 unspecified atom stereocenters. The number of carbonyl (C=O) groups is 1. The number of fused-ring (bicyclic) bond motifs is 1. The number of phenolic OH excluding ortho intramolecular Hbond substituents is 2. The number of rotatable bonds is 0. The van der Waals surface area contributed by atoms with Crippen LogP contribution in [0.3, 0.4) is 0 Å². The normalized spacial score (nSPS) is 22.6. The van der Waals surface area contributed by atoms with Crippen LogP contribution in [-0.2, 0) is 11.2 Å². The summed E-state index contributed by atoms with van der Waals surface area (Å²) in [7, 11) is 0. The molecule has 1 aromatic carbocycles. The molecule has 0 saturated heterocycles. The first kappa shape index (κ1) is 16.8. The Morgan fingerprint density at radius 1 is 1.26 bits per heavy atom. The third-order valence-electron chi connectivity index (χ3n) is 3.58. The van der Waals surface area contributed by atoms with Crippen LogP contribution in [0.25, 0.3) is 0 Å². The Hall–Kier alpha value is -2.56. The quantitative estimate of drug-likeness (QED) is 0.506. The number of aromatic hydroxyl groups is 2. The molecule has 0 fully saturated rings. The van der Waals surface area contributed by atoms with Crippen LogP contribution in [0.1, 0.15) is 35.7 Å². The highest BCUT2D eigenvalue weighted by molar-refractivity contribution is 5.99. The number of ether oxygens (including phenoxy) is 1. The number of hydrogen-bond acceptors (Lipinski definition) is 5. The maximum absolute atomic E-state index is 12.2. The van der Waals surface area contributed by atoms with E-state index in [9.17, 15) is 15.0 Å². The molecule has 5 nitrogen and oxygen atoms in total. The molecule has 0 radical (unpaired) electrons. The van der Waals surface area contributed by atoms with Crippen LogP contribution in [0, 0.1) is 11.3 Å². The lowest BCUT2D eigenvalue weighted by molar-refractivity contribution is 0.0507. The van der Waals surface area contributed by atoms with E-state index in [4.69, 9.17) is 10.1 Å². The van der Waals surface area contributed by atoms with Gasteiger partial charge in [-0.25, -0.2) is 4.79 Å². The Morgan fingerprint density at radius 2 is 2.04 bits per heavy atom. The van der Waals surface area contributed by atoms with Crippen molar-refractivity contribution in [1.82, 2.24) is 0 Å². The van der Waals surface area contributed by atoms with E-state index in [0.717, 1.165) is 12.5 Å². The topological polar surface area (TPSA) is 90.6 Å². The van der Waals surface area contributed by atoms with E-state index in [1.165, 1.54) is 6.07 Å². The number of esters is 1. The van der Waals surface area contributed by atoms with Crippen LogP contribution >= 0.6 is 0 Å². The fourth-order valence-electron chi connectivity index (χ4n) is 2.43. The van der Waals surface area contributed by atoms with Crippen molar-refractivity contribution in [3.63, 3.8) is 0 Å². The van der Waals surface area contributed by atoms with Gasteiger partial charge in [-0.1, -0.05) is 25.2 Å². The number of hydrogen-bond donors (Lipinski definition) is 3. The molecule has 0 aromatic heterocycles. The van der Waals surface area contributed by atoms with Gasteiger partial charge in [-0.05, 0) is 36.5 Å². The van der Waals surface area contributed by atoms with Crippen molar-refractivity contribution in [3.8, 4) is 11.5 Å². The van der Waals surface area contributed by atoms with Crippen molar-refractivity contribution < 1.29 is 19.7 Å². The monoisotopic (exact) mass is 315 g/mol. The van der Waals surface area contributed by atoms with Crippen molar-refractivity contribution in [2.24, 2.45) is 5.92 Å². The second-order valence-electron chi connectivity index (χ2n) is 5.67. The highest BCUT2D eigenvalue weighted by atomic mass is 16.5. The molecule has 0 saturated carbocycles. The summed E-state index contributed by atoms with van der Waals surface area (Å²) in [6.45, 7) is 2.29. The summed E-state index contributed by atoms with van der Waals surface area (Å²) < 4.78 is 5.18. The van der Waals surface area contributed by atoms with E-state index in [0.29, 0.717) is 17.9 Å². The van der Waals surface area contributed by atoms with Gasteiger partial charge in [-0.15, -0.1) is 0 Å². The highest BCUT2D eigenvalue weighted by Crippen LogP contribution is 2.28. The lowest BCUT2D eigenvalue weighted by Gasteiger charge is -2.12. The molecule has 1 atom stereocenters. The molecule has 2 rings (SSSR count). The summed E-state index contributed by atoms with van der Waals surface area (Å²) >= 11 is 0. The summed E-state index contributed by atoms with van der Waals surface area (Å²) in [5, 5.41) is 27.6. The highest BCUT2D eigenvalue weighted by Gasteiger charge is 2.20. The van der Waals surface area contributed by atoms with Gasteiger partial charge in [-0.2, -0.15) is 0 Å². The maximum atomic E-state index is 12.2. The summed E-state index contributed by atoms with van der Waals surface area (Å²) in [6.07, 6.45) is 9.17. The van der Waals surface area contributed by atoms with E-state index < -0.39 is 5.97 Å². The molecule has 1 heterocycles. The summed E-state index contributed by atoms with van der Waals surface area (Å²) in [5.41, 5.74) is 0.676. The number of carbonyl (C=O) groups excluding carboxylic acids is 1. The number of nitrogens with one attached hydrogen (secondary N) is 1. The van der Waals surface area contributed by atoms with Crippen LogP contribution in [0.4, 0.5) is 0 Å². The molecule has 23 heavy (non-hydrogen) atoms. The minimum absolute atomic E-state index is 0.00959. The molecule has 1 aliphatic heterocycles. The van der Waals surface area contributed by atoms with Crippen molar-refractivity contribution in [2.75, 3.05) is 6.61 Å². The molecule has 0 bridgehead atoms. The molecule has 1 aromatic rings. The van der Waals surface area contributed by atoms with E-state index in [2.05, 4.69) is 13.0 Å². The first-order valence-electron chi connectivity index (χ1n) is 7.60. The molecular formula is C18H21NO4. The maximum Gasteiger partial charge on any atom is 0.342 e. The van der Waals surface area contributed by atoms with Crippen molar-refractivity contribution in [3.05, 3.63) is 47.6 Å². The lowest BCUT2D eigenvalue weighted by atomic mass is 9.99. The zero-order chi connectivity index (χ0) is 16.8. The fraction of sp³-hybridized carbons (Fsp3) is 0.333. The summed E-state index contributed by atoms with van der Waals surface area (Å²) in [4.78, 5) is 12.2. The third-order valence-corrected chi connectivity index (χ3v) is 3.58. The Morgan fingerprint density at radius 3 is 2.83 bits per heavy atom. The van der Waals surface area contributed by atoms with E-state index >= 15 is 0 Å². The van der Waals surface area contributed by atoms with Gasteiger partial charge in [0.15, 0.2) is 0 Å². The first-order chi connectivity index (χ1) is 11.0. The zero-order valence-electron chi connectivity index (χ0n) is 13.1. The van der Waals surface area contributed by atoms with Crippen molar-refractivity contribution in [1.29, 1.82) is 5.41 Å². The SMILES string of the molecule is CC1/C=C/CCOC(=O)c2c(O)cc(O)cc2CC(=N)/C=C/C1. The zero-order valence-corrected chi connectivity index (χ0v) is 13.1. The predicted molar refractivity (Wildman–Crippen MR) is 88.2 cm³/mol. The third kappa shape index (κ3) is 4.71. The number of allylic oxidation sites excluding steroid dienone is 3.